The van der Waals surface area contributed by atoms with E-state index in [0.717, 1.165) is 5.56 Å². The molecular formula is C31H40N6O6. The molecule has 1 aromatic carbocycles. The molecule has 2 aliphatic heterocycles. The van der Waals surface area contributed by atoms with E-state index in [1.807, 2.05) is 44.2 Å². The molecule has 4 amide bonds. The van der Waals surface area contributed by atoms with E-state index in [1.165, 1.54) is 23.5 Å². The van der Waals surface area contributed by atoms with Gasteiger partial charge in [0.1, 0.15) is 23.4 Å². The van der Waals surface area contributed by atoms with Gasteiger partial charge in [-0.2, -0.15) is 0 Å². The monoisotopic (exact) mass is 592 g/mol. The van der Waals surface area contributed by atoms with Gasteiger partial charge >= 0.3 is 0 Å². The highest BCUT2D eigenvalue weighted by atomic mass is 16.6. The van der Waals surface area contributed by atoms with Crippen molar-refractivity contribution in [1.82, 2.24) is 30.8 Å². The van der Waals surface area contributed by atoms with Crippen LogP contribution in [0.25, 0.3) is 0 Å². The van der Waals surface area contributed by atoms with Gasteiger partial charge in [-0.05, 0) is 50.5 Å². The third kappa shape index (κ3) is 8.66. The van der Waals surface area contributed by atoms with Gasteiger partial charge in [0, 0.05) is 18.9 Å². The highest BCUT2D eigenvalue weighted by molar-refractivity contribution is 5.99. The lowest BCUT2D eigenvalue weighted by Crippen LogP contribution is -2.57. The number of ether oxygens (including phenoxy) is 1. The smallest absolute Gasteiger partial charge is 0.271 e. The van der Waals surface area contributed by atoms with Gasteiger partial charge in [-0.1, -0.05) is 44.2 Å². The van der Waals surface area contributed by atoms with Gasteiger partial charge in [0.15, 0.2) is 5.78 Å². The van der Waals surface area contributed by atoms with Crippen LogP contribution < -0.4 is 16.0 Å². The van der Waals surface area contributed by atoms with Gasteiger partial charge in [-0.25, -0.2) is 4.98 Å². The summed E-state index contributed by atoms with van der Waals surface area (Å²) in [4.78, 5) is 74.8. The molecular weight excluding hydrogens is 552 g/mol. The fourth-order valence-electron chi connectivity index (χ4n) is 5.19. The van der Waals surface area contributed by atoms with E-state index in [1.54, 1.807) is 6.92 Å². The second-order valence-electron chi connectivity index (χ2n) is 11.7. The Kier molecular flexibility index (Phi) is 10.6. The summed E-state index contributed by atoms with van der Waals surface area (Å²) in [5, 5.41) is 8.28. The molecule has 0 radical (unpaired) electrons. The largest absolute Gasteiger partial charge is 0.361 e. The molecule has 4 atom stereocenters. The first kappa shape index (κ1) is 31.7. The number of ketones is 1. The Morgan fingerprint density at radius 3 is 2.47 bits per heavy atom. The molecule has 0 spiro atoms. The summed E-state index contributed by atoms with van der Waals surface area (Å²) in [6.45, 7) is 6.01. The number of Topliss-reactive ketones (excluding diaryl/α,β-unsaturated/α-hetero) is 1. The quantitative estimate of drug-likeness (QED) is 0.276. The number of rotatable bonds is 14. The Labute approximate surface area is 251 Å². The predicted octanol–water partition coefficient (Wildman–Crippen LogP) is 1.20. The topological polar surface area (TPSA) is 163 Å². The summed E-state index contributed by atoms with van der Waals surface area (Å²) in [5.41, 5.74) is 0.178. The fraction of sp³-hybridized carbons (Fsp3) is 0.516. The predicted molar refractivity (Wildman–Crippen MR) is 157 cm³/mol. The molecule has 2 aliphatic rings. The van der Waals surface area contributed by atoms with E-state index in [9.17, 15) is 24.0 Å². The molecule has 230 valence electrons. The number of carbonyl (C=O) groups is 5. The van der Waals surface area contributed by atoms with Crippen molar-refractivity contribution in [3.8, 4) is 0 Å². The van der Waals surface area contributed by atoms with Crippen molar-refractivity contribution in [2.45, 2.75) is 76.6 Å². The highest BCUT2D eigenvalue weighted by Gasteiger charge is 2.50. The van der Waals surface area contributed by atoms with Crippen LogP contribution in [-0.2, 0) is 30.3 Å². The van der Waals surface area contributed by atoms with Gasteiger partial charge < -0.3 is 25.6 Å². The maximum atomic E-state index is 13.6. The van der Waals surface area contributed by atoms with Crippen LogP contribution in [-0.4, -0.2) is 87.7 Å². The van der Waals surface area contributed by atoms with E-state index < -0.39 is 47.4 Å². The van der Waals surface area contributed by atoms with Crippen molar-refractivity contribution >= 4 is 29.4 Å². The molecule has 4 rings (SSSR count). The number of hydrogen-bond acceptors (Lipinski definition) is 8. The third-order valence-corrected chi connectivity index (χ3v) is 7.71. The summed E-state index contributed by atoms with van der Waals surface area (Å²) in [7, 11) is 0. The molecule has 2 saturated heterocycles. The van der Waals surface area contributed by atoms with Gasteiger partial charge in [-0.15, -0.1) is 0 Å². The lowest BCUT2D eigenvalue weighted by molar-refractivity contribution is -0.139. The van der Waals surface area contributed by atoms with Crippen molar-refractivity contribution in [2.24, 2.45) is 5.92 Å². The number of epoxide rings is 1. The van der Waals surface area contributed by atoms with E-state index in [4.69, 9.17) is 4.74 Å². The molecule has 12 nitrogen and oxygen atoms in total. The molecule has 12 heteroatoms. The number of benzene rings is 1. The molecule has 2 aromatic rings. The Morgan fingerprint density at radius 2 is 1.81 bits per heavy atom. The molecule has 3 heterocycles. The zero-order chi connectivity index (χ0) is 31.0. The number of aryl methyl sites for hydroxylation is 1. The number of nitrogens with one attached hydrogen (secondary N) is 3. The SMILES string of the molecule is CC(C)C[C@H](NC(=O)[C@H](CCc1ccccc1)NC(=O)[C@@H]1CCCN1C(=O)CNC(=O)c1cnccn1)C(=O)[C@@]1(C)CO1. The average Bonchev–Trinajstić information content (AvgIpc) is 3.56. The maximum Gasteiger partial charge on any atom is 0.271 e. The van der Waals surface area contributed by atoms with Crippen molar-refractivity contribution in [3.05, 3.63) is 60.2 Å². The zero-order valence-electron chi connectivity index (χ0n) is 24.9. The Morgan fingerprint density at radius 1 is 1.07 bits per heavy atom. The normalized spacial score (nSPS) is 20.7. The van der Waals surface area contributed by atoms with Crippen LogP contribution in [0.1, 0.15) is 62.5 Å². The van der Waals surface area contributed by atoms with E-state index in [-0.39, 0.29) is 23.9 Å². The molecule has 0 aliphatic carbocycles. The number of likely N-dealkylation sites (tertiary alicyclic amines) is 1. The zero-order valence-corrected chi connectivity index (χ0v) is 24.9. The standard InChI is InChI=1S/C31H40N6O6/c1-20(2)16-23(27(39)31(3)19-43-31)36-29(41)22(12-11-21-8-5-4-6-9-21)35-30(42)25-10-7-15-37(25)26(38)18-34-28(40)24-17-32-13-14-33-24/h4-6,8-9,13-14,17,20,22-23,25H,7,10-12,15-16,18-19H2,1-3H3,(H,34,40)(H,35,42)(H,36,41)/t22-,23-,25-,31+/m0/s1. The Hall–Kier alpha value is -4.19. The maximum absolute atomic E-state index is 13.6. The molecule has 2 fully saturated rings. The number of nitrogens with zero attached hydrogens (tertiary/aromatic N) is 3. The molecule has 0 bridgehead atoms. The molecule has 1 aromatic heterocycles. The second kappa shape index (κ2) is 14.3. The van der Waals surface area contributed by atoms with Crippen LogP contribution in [0.3, 0.4) is 0 Å². The van der Waals surface area contributed by atoms with Crippen LogP contribution in [0.2, 0.25) is 0 Å². The number of hydrogen-bond donors (Lipinski definition) is 3. The van der Waals surface area contributed by atoms with Crippen LogP contribution in [0.15, 0.2) is 48.9 Å². The fourth-order valence-corrected chi connectivity index (χ4v) is 5.19. The van der Waals surface area contributed by atoms with Crippen molar-refractivity contribution in [3.63, 3.8) is 0 Å². The molecule has 3 N–H and O–H groups in total. The summed E-state index contributed by atoms with van der Waals surface area (Å²) in [5.74, 6) is -1.92. The van der Waals surface area contributed by atoms with Crippen LogP contribution in [0.4, 0.5) is 0 Å². The van der Waals surface area contributed by atoms with Crippen molar-refractivity contribution in [2.75, 3.05) is 19.7 Å². The van der Waals surface area contributed by atoms with Gasteiger partial charge in [0.05, 0.1) is 25.4 Å². The van der Waals surface area contributed by atoms with Gasteiger partial charge in [-0.3, -0.25) is 29.0 Å². The number of carbonyl (C=O) groups excluding carboxylic acids is 5. The van der Waals surface area contributed by atoms with Crippen LogP contribution in [0, 0.1) is 5.92 Å². The molecule has 0 saturated carbocycles. The summed E-state index contributed by atoms with van der Waals surface area (Å²) < 4.78 is 5.35. The first-order chi connectivity index (χ1) is 20.6. The van der Waals surface area contributed by atoms with Gasteiger partial charge in [0.25, 0.3) is 5.91 Å². The summed E-state index contributed by atoms with van der Waals surface area (Å²) in [6, 6.07) is 7.12. The van der Waals surface area contributed by atoms with Crippen LogP contribution in [0.5, 0.6) is 0 Å². The summed E-state index contributed by atoms with van der Waals surface area (Å²) in [6.07, 6.45) is 6.39. The first-order valence-electron chi connectivity index (χ1n) is 14.7. The highest BCUT2D eigenvalue weighted by Crippen LogP contribution is 2.29. The van der Waals surface area contributed by atoms with Crippen LogP contribution >= 0.6 is 0 Å². The number of amides is 4. The molecule has 0 unspecified atom stereocenters. The molecule has 43 heavy (non-hydrogen) atoms. The lowest BCUT2D eigenvalue weighted by Gasteiger charge is -2.28. The summed E-state index contributed by atoms with van der Waals surface area (Å²) >= 11 is 0. The van der Waals surface area contributed by atoms with E-state index >= 15 is 0 Å². The second-order valence-corrected chi connectivity index (χ2v) is 11.7. The number of aromatic nitrogens is 2. The Balaban J connectivity index is 1.43. The minimum absolute atomic E-state index is 0.0785. The first-order valence-corrected chi connectivity index (χ1v) is 14.7. The van der Waals surface area contributed by atoms with E-state index in [0.29, 0.717) is 45.3 Å². The van der Waals surface area contributed by atoms with Crippen molar-refractivity contribution in [1.29, 1.82) is 0 Å². The third-order valence-electron chi connectivity index (χ3n) is 7.71. The average molecular weight is 593 g/mol. The lowest BCUT2D eigenvalue weighted by atomic mass is 9.93. The minimum Gasteiger partial charge on any atom is -0.361 e. The minimum atomic E-state index is -0.933. The van der Waals surface area contributed by atoms with E-state index in [2.05, 4.69) is 25.9 Å². The van der Waals surface area contributed by atoms with Crippen molar-refractivity contribution < 1.29 is 28.7 Å². The van der Waals surface area contributed by atoms with Gasteiger partial charge in [0.2, 0.25) is 17.7 Å². The Bertz CT molecular complexity index is 1300.